The average molecular weight is 220 g/mol. The summed E-state index contributed by atoms with van der Waals surface area (Å²) in [6, 6.07) is 0. The minimum atomic E-state index is -4.19. The first-order valence-corrected chi connectivity index (χ1v) is 4.42. The maximum atomic E-state index is 10.1. The van der Waals surface area contributed by atoms with Crippen molar-refractivity contribution in [3.63, 3.8) is 0 Å². The third-order valence-electron chi connectivity index (χ3n) is 0.828. The summed E-state index contributed by atoms with van der Waals surface area (Å²) in [5.74, 6) is -1.12. The normalized spacial score (nSPS) is 10.4. The first-order chi connectivity index (χ1) is 4.92. The van der Waals surface area contributed by atoms with Crippen LogP contribution >= 0.6 is 0 Å². The third kappa shape index (κ3) is 13.6. The Labute approximate surface area is 113 Å². The summed E-state index contributed by atoms with van der Waals surface area (Å²) in [6.45, 7) is -0.162. The van der Waals surface area contributed by atoms with Gasteiger partial charge in [0.15, 0.2) is 0 Å². The smallest absolute Gasteiger partial charge is 0.748 e. The van der Waals surface area contributed by atoms with E-state index >= 15 is 0 Å². The van der Waals surface area contributed by atoms with Gasteiger partial charge in [0.25, 0.3) is 0 Å². The van der Waals surface area contributed by atoms with E-state index in [1.165, 1.54) is 0 Å². The minimum absolute atomic E-state index is 0. The van der Waals surface area contributed by atoms with Crippen molar-refractivity contribution in [3.8, 4) is 0 Å². The van der Waals surface area contributed by atoms with Crippen LogP contribution < -0.4 is 62.4 Å². The van der Waals surface area contributed by atoms with Crippen molar-refractivity contribution in [1.29, 1.82) is 0 Å². The van der Waals surface area contributed by atoms with Gasteiger partial charge in [-0.3, -0.25) is 4.79 Å². The summed E-state index contributed by atoms with van der Waals surface area (Å²) < 4.78 is 29.9. The van der Waals surface area contributed by atoms with Crippen molar-refractivity contribution >= 4 is 16.0 Å². The summed E-state index contributed by atoms with van der Waals surface area (Å²) in [6.07, 6.45) is 0. The van der Waals surface area contributed by atoms with Crippen molar-refractivity contribution in [2.75, 3.05) is 18.8 Å². The van der Waals surface area contributed by atoms with Crippen LogP contribution in [0.5, 0.6) is 0 Å². The third-order valence-corrected chi connectivity index (χ3v) is 1.53. The molecule has 0 aromatic rings. The fourth-order valence-corrected chi connectivity index (χ4v) is 0.803. The fourth-order valence-electron chi connectivity index (χ4n) is 0.409. The Hall–Kier alpha value is 0.976. The van der Waals surface area contributed by atoms with Gasteiger partial charge >= 0.3 is 51.4 Å². The van der Waals surface area contributed by atoms with Gasteiger partial charge in [-0.15, -0.1) is 0 Å². The first-order valence-electron chi connectivity index (χ1n) is 2.84. The minimum Gasteiger partial charge on any atom is -0.748 e. The Balaban J connectivity index is 0. The van der Waals surface area contributed by atoms with Crippen LogP contribution in [0.25, 0.3) is 0 Å². The van der Waals surface area contributed by atoms with Gasteiger partial charge in [0.05, 0.1) is 22.4 Å². The van der Waals surface area contributed by atoms with Gasteiger partial charge in [0.1, 0.15) is 0 Å². The van der Waals surface area contributed by atoms with E-state index in [1.54, 1.807) is 0 Å². The molecule has 66 valence electrons. The standard InChI is InChI=1S/C4H10N2O4S.K/c5-4(7)3-6-1-2-11(8,9)10;/h6H,1-3H2,(H2,5,7)(H,8,9,10);/q;+1/p-1. The zero-order chi connectivity index (χ0) is 8.91. The summed E-state index contributed by atoms with van der Waals surface area (Å²) in [5, 5.41) is 2.39. The van der Waals surface area contributed by atoms with Crippen molar-refractivity contribution in [2.45, 2.75) is 0 Å². The summed E-state index contributed by atoms with van der Waals surface area (Å²) >= 11 is 0. The van der Waals surface area contributed by atoms with Gasteiger partial charge in [-0.05, 0) is 0 Å². The number of carbonyl (C=O) groups is 1. The van der Waals surface area contributed by atoms with Crippen LogP contribution in [0.2, 0.25) is 0 Å². The van der Waals surface area contributed by atoms with E-state index in [0.717, 1.165) is 0 Å². The van der Waals surface area contributed by atoms with Crippen LogP contribution in [-0.4, -0.2) is 37.7 Å². The van der Waals surface area contributed by atoms with Crippen LogP contribution in [0, 0.1) is 0 Å². The van der Waals surface area contributed by atoms with Crippen LogP contribution in [0.3, 0.4) is 0 Å². The maximum Gasteiger partial charge on any atom is 1.00 e. The van der Waals surface area contributed by atoms with E-state index in [4.69, 9.17) is 5.73 Å². The quantitative estimate of drug-likeness (QED) is 0.273. The molecule has 0 aliphatic carbocycles. The second-order valence-corrected chi connectivity index (χ2v) is 3.43. The molecule has 3 N–H and O–H groups in total. The van der Waals surface area contributed by atoms with E-state index < -0.39 is 21.8 Å². The molecule has 1 amide bonds. The second-order valence-electron chi connectivity index (χ2n) is 1.90. The molecule has 0 saturated heterocycles. The Bertz CT molecular complexity index is 227. The topological polar surface area (TPSA) is 112 Å². The number of hydrogen-bond acceptors (Lipinski definition) is 5. The van der Waals surface area contributed by atoms with E-state index in [9.17, 15) is 17.8 Å². The molecule has 0 rings (SSSR count). The number of amides is 1. The van der Waals surface area contributed by atoms with Crippen LogP contribution in [0.15, 0.2) is 0 Å². The Morgan fingerprint density at radius 2 is 2.00 bits per heavy atom. The maximum absolute atomic E-state index is 10.1. The first kappa shape index (κ1) is 15.4. The molecule has 0 bridgehead atoms. The van der Waals surface area contributed by atoms with Crippen LogP contribution in [0.1, 0.15) is 0 Å². The molecule has 8 heteroatoms. The van der Waals surface area contributed by atoms with Gasteiger partial charge < -0.3 is 15.6 Å². The second kappa shape index (κ2) is 7.39. The summed E-state index contributed by atoms with van der Waals surface area (Å²) in [7, 11) is -4.19. The fraction of sp³-hybridized carbons (Fsp3) is 0.750. The molecule has 0 saturated carbocycles. The molecular weight excluding hydrogens is 211 g/mol. The Morgan fingerprint density at radius 1 is 1.50 bits per heavy atom. The zero-order valence-corrected chi connectivity index (χ0v) is 10.7. The van der Waals surface area contributed by atoms with Gasteiger partial charge in [0.2, 0.25) is 5.91 Å². The number of hydrogen-bond donors (Lipinski definition) is 2. The molecule has 0 aliphatic heterocycles. The number of nitrogens with two attached hydrogens (primary N) is 1. The molecule has 0 aliphatic rings. The molecule has 0 aromatic heterocycles. The van der Waals surface area contributed by atoms with Crippen molar-refractivity contribution in [3.05, 3.63) is 0 Å². The molecule has 0 spiro atoms. The van der Waals surface area contributed by atoms with E-state index in [0.29, 0.717) is 0 Å². The van der Waals surface area contributed by atoms with Gasteiger partial charge in [-0.2, -0.15) is 0 Å². The van der Waals surface area contributed by atoms with E-state index in [2.05, 4.69) is 5.32 Å². The van der Waals surface area contributed by atoms with Crippen molar-refractivity contribution in [1.82, 2.24) is 5.32 Å². The molecule has 0 unspecified atom stereocenters. The molecule has 0 heterocycles. The SMILES string of the molecule is NC(=O)CNCCS(=O)(=O)[O-].[K+]. The molecule has 0 fully saturated rings. The molecular formula is C4H9KN2O4S. The largest absolute Gasteiger partial charge is 1.00 e. The van der Waals surface area contributed by atoms with Crippen molar-refractivity contribution in [2.24, 2.45) is 5.73 Å². The monoisotopic (exact) mass is 220 g/mol. The van der Waals surface area contributed by atoms with E-state index in [1.807, 2.05) is 0 Å². The average Bonchev–Trinajstić information content (AvgIpc) is 1.78. The number of carbonyl (C=O) groups excluding carboxylic acids is 1. The number of nitrogens with one attached hydrogen (secondary N) is 1. The molecule has 0 radical (unpaired) electrons. The summed E-state index contributed by atoms with van der Waals surface area (Å²) in [4.78, 5) is 10.1. The predicted molar refractivity (Wildman–Crippen MR) is 36.6 cm³/mol. The number of rotatable bonds is 5. The molecule has 0 aromatic carbocycles. The van der Waals surface area contributed by atoms with Crippen LogP contribution in [0.4, 0.5) is 0 Å². The number of primary amides is 1. The van der Waals surface area contributed by atoms with Gasteiger partial charge in [-0.25, -0.2) is 8.42 Å². The van der Waals surface area contributed by atoms with E-state index in [-0.39, 0.29) is 64.5 Å². The molecule has 12 heavy (non-hydrogen) atoms. The molecule has 0 atom stereocenters. The molecule has 6 nitrogen and oxygen atoms in total. The van der Waals surface area contributed by atoms with Gasteiger partial charge in [0, 0.05) is 6.54 Å². The van der Waals surface area contributed by atoms with Crippen molar-refractivity contribution < 1.29 is 69.1 Å². The predicted octanol–water partition coefficient (Wildman–Crippen LogP) is -5.39. The summed E-state index contributed by atoms with van der Waals surface area (Å²) in [5.41, 5.74) is 4.71. The van der Waals surface area contributed by atoms with Crippen LogP contribution in [-0.2, 0) is 14.9 Å². The zero-order valence-electron chi connectivity index (χ0n) is 6.74. The Morgan fingerprint density at radius 3 is 2.33 bits per heavy atom. The van der Waals surface area contributed by atoms with Gasteiger partial charge in [-0.1, -0.05) is 0 Å². The Kier molecular flexibility index (Phi) is 9.51.